The second-order valence-corrected chi connectivity index (χ2v) is 4.52. The molecule has 0 aliphatic rings. The van der Waals surface area contributed by atoms with Gasteiger partial charge in [-0.1, -0.05) is 27.5 Å². The smallest absolute Gasteiger partial charge is 0.120 e. The summed E-state index contributed by atoms with van der Waals surface area (Å²) in [6, 6.07) is 3.74. The molecule has 0 bridgehead atoms. The molecule has 1 rings (SSSR count). The standard InChI is InChI=1S/C11H14BrClO2/c1-7-3-10(4-8(2)11(7)13)15-6-9(14)5-12/h3-4,9,14H,5-6H2,1-2H3. The molecule has 0 aliphatic carbocycles. The summed E-state index contributed by atoms with van der Waals surface area (Å²) >= 11 is 9.20. The zero-order valence-corrected chi connectivity index (χ0v) is 11.1. The van der Waals surface area contributed by atoms with Gasteiger partial charge in [-0.05, 0) is 37.1 Å². The number of benzene rings is 1. The van der Waals surface area contributed by atoms with Gasteiger partial charge in [0.05, 0.1) is 6.10 Å². The lowest BCUT2D eigenvalue weighted by atomic mass is 10.1. The van der Waals surface area contributed by atoms with E-state index in [1.54, 1.807) is 0 Å². The highest BCUT2D eigenvalue weighted by Gasteiger charge is 2.06. The van der Waals surface area contributed by atoms with Crippen LogP contribution in [0.15, 0.2) is 12.1 Å². The molecule has 0 aliphatic heterocycles. The lowest BCUT2D eigenvalue weighted by Gasteiger charge is -2.12. The summed E-state index contributed by atoms with van der Waals surface area (Å²) in [7, 11) is 0. The van der Waals surface area contributed by atoms with E-state index in [9.17, 15) is 5.11 Å². The number of aryl methyl sites for hydroxylation is 2. The van der Waals surface area contributed by atoms with Crippen molar-refractivity contribution < 1.29 is 9.84 Å². The predicted octanol–water partition coefficient (Wildman–Crippen LogP) is 3.09. The molecular formula is C11H14BrClO2. The fourth-order valence-electron chi connectivity index (χ4n) is 1.23. The summed E-state index contributed by atoms with van der Waals surface area (Å²) in [5, 5.41) is 10.6. The molecule has 0 spiro atoms. The number of aliphatic hydroxyl groups excluding tert-OH is 1. The minimum atomic E-state index is -0.485. The SMILES string of the molecule is Cc1cc(OCC(O)CBr)cc(C)c1Cl. The van der Waals surface area contributed by atoms with Gasteiger partial charge in [0.2, 0.25) is 0 Å². The second-order valence-electron chi connectivity index (χ2n) is 3.49. The third kappa shape index (κ3) is 3.67. The number of ether oxygens (including phenoxy) is 1. The normalized spacial score (nSPS) is 12.6. The van der Waals surface area contributed by atoms with E-state index < -0.39 is 6.10 Å². The molecule has 1 aromatic rings. The van der Waals surface area contributed by atoms with Crippen LogP contribution in [0.5, 0.6) is 5.75 Å². The van der Waals surface area contributed by atoms with Crippen molar-refractivity contribution in [1.29, 1.82) is 0 Å². The summed E-state index contributed by atoms with van der Waals surface area (Å²) in [6.07, 6.45) is -0.485. The van der Waals surface area contributed by atoms with Crippen LogP contribution in [0.25, 0.3) is 0 Å². The van der Waals surface area contributed by atoms with E-state index in [4.69, 9.17) is 16.3 Å². The molecule has 15 heavy (non-hydrogen) atoms. The van der Waals surface area contributed by atoms with Crippen molar-refractivity contribution in [3.63, 3.8) is 0 Å². The topological polar surface area (TPSA) is 29.5 Å². The van der Waals surface area contributed by atoms with Crippen LogP contribution in [0, 0.1) is 13.8 Å². The second kappa shape index (κ2) is 5.73. The van der Waals surface area contributed by atoms with Gasteiger partial charge in [-0.3, -0.25) is 0 Å². The summed E-state index contributed by atoms with van der Waals surface area (Å²) in [6.45, 7) is 4.15. The summed E-state index contributed by atoms with van der Waals surface area (Å²) in [5.74, 6) is 0.745. The molecule has 0 aromatic heterocycles. The monoisotopic (exact) mass is 292 g/mol. The van der Waals surface area contributed by atoms with Crippen LogP contribution in [0.1, 0.15) is 11.1 Å². The van der Waals surface area contributed by atoms with E-state index in [0.717, 1.165) is 21.9 Å². The van der Waals surface area contributed by atoms with Crippen molar-refractivity contribution in [3.05, 3.63) is 28.3 Å². The maximum Gasteiger partial charge on any atom is 0.120 e. The molecule has 1 N–H and O–H groups in total. The van der Waals surface area contributed by atoms with Gasteiger partial charge in [-0.2, -0.15) is 0 Å². The van der Waals surface area contributed by atoms with Gasteiger partial charge >= 0.3 is 0 Å². The molecule has 0 amide bonds. The summed E-state index contributed by atoms with van der Waals surface area (Å²) < 4.78 is 5.44. The average molecular weight is 294 g/mol. The molecule has 0 radical (unpaired) electrons. The third-order valence-electron chi connectivity index (χ3n) is 2.03. The van der Waals surface area contributed by atoms with E-state index in [0.29, 0.717) is 5.33 Å². The van der Waals surface area contributed by atoms with Gasteiger partial charge in [0, 0.05) is 10.4 Å². The third-order valence-corrected chi connectivity index (χ3v) is 3.37. The van der Waals surface area contributed by atoms with Gasteiger partial charge in [-0.25, -0.2) is 0 Å². The maximum atomic E-state index is 9.31. The van der Waals surface area contributed by atoms with E-state index in [2.05, 4.69) is 15.9 Å². The van der Waals surface area contributed by atoms with Crippen LogP contribution in [0.3, 0.4) is 0 Å². The van der Waals surface area contributed by atoms with Crippen molar-refractivity contribution in [1.82, 2.24) is 0 Å². The maximum absolute atomic E-state index is 9.31. The Morgan fingerprint density at radius 2 is 1.93 bits per heavy atom. The fourth-order valence-corrected chi connectivity index (χ4v) is 1.52. The van der Waals surface area contributed by atoms with Crippen molar-refractivity contribution in [2.24, 2.45) is 0 Å². The first-order valence-electron chi connectivity index (χ1n) is 4.68. The fraction of sp³-hybridized carbons (Fsp3) is 0.455. The Balaban J connectivity index is 2.70. The average Bonchev–Trinajstić information content (AvgIpc) is 2.22. The van der Waals surface area contributed by atoms with Crippen LogP contribution in [-0.4, -0.2) is 23.1 Å². The van der Waals surface area contributed by atoms with Crippen molar-refractivity contribution in [2.45, 2.75) is 20.0 Å². The Kier molecular flexibility index (Phi) is 4.90. The predicted molar refractivity (Wildman–Crippen MR) is 66.2 cm³/mol. The zero-order chi connectivity index (χ0) is 11.4. The van der Waals surface area contributed by atoms with Crippen LogP contribution < -0.4 is 4.74 Å². The minimum Gasteiger partial charge on any atom is -0.491 e. The molecule has 2 nitrogen and oxygen atoms in total. The van der Waals surface area contributed by atoms with Crippen molar-refractivity contribution in [3.8, 4) is 5.75 Å². The van der Waals surface area contributed by atoms with Gasteiger partial charge in [0.25, 0.3) is 0 Å². The van der Waals surface area contributed by atoms with Crippen molar-refractivity contribution in [2.75, 3.05) is 11.9 Å². The van der Waals surface area contributed by atoms with Gasteiger partial charge in [0.1, 0.15) is 12.4 Å². The van der Waals surface area contributed by atoms with Crippen LogP contribution in [-0.2, 0) is 0 Å². The lowest BCUT2D eigenvalue weighted by molar-refractivity contribution is 0.127. The molecular weight excluding hydrogens is 279 g/mol. The van der Waals surface area contributed by atoms with Crippen LogP contribution in [0.4, 0.5) is 0 Å². The lowest BCUT2D eigenvalue weighted by Crippen LogP contribution is -2.18. The number of alkyl halides is 1. The quantitative estimate of drug-likeness (QED) is 0.865. The highest BCUT2D eigenvalue weighted by molar-refractivity contribution is 9.09. The first-order valence-corrected chi connectivity index (χ1v) is 6.18. The zero-order valence-electron chi connectivity index (χ0n) is 8.76. The Bertz CT molecular complexity index is 318. The van der Waals surface area contributed by atoms with E-state index in [1.165, 1.54) is 0 Å². The molecule has 84 valence electrons. The Labute approximate surface area is 103 Å². The number of rotatable bonds is 4. The van der Waals surface area contributed by atoms with E-state index in [-0.39, 0.29) is 6.61 Å². The Hall–Kier alpha value is -0.250. The first kappa shape index (κ1) is 12.8. The van der Waals surface area contributed by atoms with Gasteiger partial charge in [-0.15, -0.1) is 0 Å². The molecule has 4 heteroatoms. The van der Waals surface area contributed by atoms with Crippen molar-refractivity contribution >= 4 is 27.5 Å². The number of halogens is 2. The number of hydrogen-bond acceptors (Lipinski definition) is 2. The highest BCUT2D eigenvalue weighted by atomic mass is 79.9. The molecule has 0 saturated carbocycles. The molecule has 0 heterocycles. The Morgan fingerprint density at radius 3 is 2.40 bits per heavy atom. The molecule has 1 atom stereocenters. The summed E-state index contributed by atoms with van der Waals surface area (Å²) in [4.78, 5) is 0. The number of hydrogen-bond donors (Lipinski definition) is 1. The highest BCUT2D eigenvalue weighted by Crippen LogP contribution is 2.25. The number of aliphatic hydroxyl groups is 1. The first-order chi connectivity index (χ1) is 7.04. The molecule has 0 fully saturated rings. The Morgan fingerprint density at radius 1 is 1.40 bits per heavy atom. The van der Waals surface area contributed by atoms with Crippen LogP contribution >= 0.6 is 27.5 Å². The van der Waals surface area contributed by atoms with Crippen LogP contribution in [0.2, 0.25) is 5.02 Å². The molecule has 0 saturated heterocycles. The largest absolute Gasteiger partial charge is 0.491 e. The summed E-state index contributed by atoms with van der Waals surface area (Å²) in [5.41, 5.74) is 1.97. The van der Waals surface area contributed by atoms with Gasteiger partial charge < -0.3 is 9.84 Å². The molecule has 1 unspecified atom stereocenters. The van der Waals surface area contributed by atoms with Gasteiger partial charge in [0.15, 0.2) is 0 Å². The van der Waals surface area contributed by atoms with E-state index in [1.807, 2.05) is 26.0 Å². The minimum absolute atomic E-state index is 0.283. The molecule has 1 aromatic carbocycles. The van der Waals surface area contributed by atoms with E-state index >= 15 is 0 Å².